The van der Waals surface area contributed by atoms with Crippen molar-refractivity contribution in [2.75, 3.05) is 19.7 Å². The lowest BCUT2D eigenvalue weighted by Gasteiger charge is -2.16. The summed E-state index contributed by atoms with van der Waals surface area (Å²) in [5, 5.41) is 2.41. The molecule has 26 heavy (non-hydrogen) atoms. The molecule has 1 aliphatic carbocycles. The summed E-state index contributed by atoms with van der Waals surface area (Å²) in [6.45, 7) is -0.127. The molecule has 1 saturated heterocycles. The van der Waals surface area contributed by atoms with Crippen LogP contribution in [0.4, 0.5) is 4.79 Å². The maximum atomic E-state index is 12.2. The summed E-state index contributed by atoms with van der Waals surface area (Å²) in [5.74, 6) is -1.03. The van der Waals surface area contributed by atoms with Gasteiger partial charge >= 0.3 is 12.0 Å². The molecule has 0 radical (unpaired) electrons. The third-order valence-electron chi connectivity index (χ3n) is 4.73. The molecule has 1 aromatic carbocycles. The lowest BCUT2D eigenvalue weighted by molar-refractivity contribution is -0.142. The van der Waals surface area contributed by atoms with Crippen LogP contribution in [0.1, 0.15) is 47.2 Å². The fourth-order valence-corrected chi connectivity index (χ4v) is 3.27. The number of ketones is 1. The Kier molecular flexibility index (Phi) is 5.65. The van der Waals surface area contributed by atoms with E-state index in [0.717, 1.165) is 24.2 Å². The zero-order chi connectivity index (χ0) is 18.5. The van der Waals surface area contributed by atoms with Gasteiger partial charge in [0.05, 0.1) is 6.54 Å². The fourth-order valence-electron chi connectivity index (χ4n) is 3.27. The number of nitrogens with zero attached hydrogens (tertiary/aromatic N) is 1. The van der Waals surface area contributed by atoms with Crippen LogP contribution in [-0.2, 0) is 27.2 Å². The minimum Gasteiger partial charge on any atom is -0.457 e. The highest BCUT2D eigenvalue weighted by Crippen LogP contribution is 2.22. The van der Waals surface area contributed by atoms with Crippen molar-refractivity contribution in [3.63, 3.8) is 0 Å². The van der Waals surface area contributed by atoms with Crippen LogP contribution in [0.25, 0.3) is 0 Å². The first-order valence-corrected chi connectivity index (χ1v) is 8.93. The van der Waals surface area contributed by atoms with E-state index in [2.05, 4.69) is 5.32 Å². The summed E-state index contributed by atoms with van der Waals surface area (Å²) in [6, 6.07) is 5.24. The number of fused-ring (bicyclic) bond motifs is 1. The Morgan fingerprint density at radius 2 is 1.88 bits per heavy atom. The number of hydrogen-bond acceptors (Lipinski definition) is 5. The predicted molar refractivity (Wildman–Crippen MR) is 92.7 cm³/mol. The molecule has 0 atom stereocenters. The molecule has 1 fully saturated rings. The molecule has 7 nitrogen and oxygen atoms in total. The van der Waals surface area contributed by atoms with Crippen LogP contribution in [0.2, 0.25) is 0 Å². The van der Waals surface area contributed by atoms with Crippen LogP contribution in [0.15, 0.2) is 18.2 Å². The van der Waals surface area contributed by atoms with Gasteiger partial charge in [-0.15, -0.1) is 0 Å². The molecule has 3 amide bonds. The summed E-state index contributed by atoms with van der Waals surface area (Å²) in [7, 11) is 0. The van der Waals surface area contributed by atoms with Crippen LogP contribution in [-0.4, -0.2) is 48.3 Å². The van der Waals surface area contributed by atoms with Crippen molar-refractivity contribution in [2.45, 2.75) is 38.5 Å². The van der Waals surface area contributed by atoms with E-state index in [0.29, 0.717) is 12.0 Å². The van der Waals surface area contributed by atoms with E-state index in [1.54, 1.807) is 6.07 Å². The maximum absolute atomic E-state index is 12.2. The number of hydrogen-bond donors (Lipinski definition) is 1. The molecule has 1 N–H and O–H groups in total. The van der Waals surface area contributed by atoms with E-state index in [4.69, 9.17) is 4.74 Å². The molecule has 0 spiro atoms. The van der Waals surface area contributed by atoms with Crippen molar-refractivity contribution < 1.29 is 23.9 Å². The van der Waals surface area contributed by atoms with E-state index in [1.165, 1.54) is 17.5 Å². The van der Waals surface area contributed by atoms with Gasteiger partial charge in [-0.2, -0.15) is 0 Å². The minimum absolute atomic E-state index is 0.00143. The Morgan fingerprint density at radius 3 is 2.62 bits per heavy atom. The topological polar surface area (TPSA) is 92.8 Å². The number of carbonyl (C=O) groups is 4. The molecule has 2 aliphatic rings. The summed E-state index contributed by atoms with van der Waals surface area (Å²) in [5.41, 5.74) is 3.07. The number of imide groups is 1. The molecule has 0 saturated carbocycles. The Hall–Kier alpha value is -2.70. The van der Waals surface area contributed by atoms with Crippen LogP contribution in [0.5, 0.6) is 0 Å². The van der Waals surface area contributed by atoms with Crippen molar-refractivity contribution in [3.8, 4) is 0 Å². The van der Waals surface area contributed by atoms with E-state index < -0.39 is 12.0 Å². The molecule has 138 valence electrons. The SMILES string of the molecule is O=C(CCCN1C(=O)CNC1=O)OCC(=O)c1ccc2c(c1)CCCC2. The first-order chi connectivity index (χ1) is 12.5. The first kappa shape index (κ1) is 18.1. The van der Waals surface area contributed by atoms with Gasteiger partial charge in [-0.1, -0.05) is 12.1 Å². The number of Topliss-reactive ketones (excluding diaryl/α,β-unsaturated/α-hetero) is 1. The van der Waals surface area contributed by atoms with Crippen molar-refractivity contribution in [3.05, 3.63) is 34.9 Å². The molecule has 0 bridgehead atoms. The lowest BCUT2D eigenvalue weighted by Crippen LogP contribution is -2.32. The molecule has 0 unspecified atom stereocenters. The lowest BCUT2D eigenvalue weighted by atomic mass is 9.90. The third-order valence-corrected chi connectivity index (χ3v) is 4.73. The number of ether oxygens (including phenoxy) is 1. The van der Waals surface area contributed by atoms with Gasteiger partial charge in [0.15, 0.2) is 12.4 Å². The highest BCUT2D eigenvalue weighted by atomic mass is 16.5. The second-order valence-corrected chi connectivity index (χ2v) is 6.58. The van der Waals surface area contributed by atoms with Gasteiger partial charge < -0.3 is 10.1 Å². The van der Waals surface area contributed by atoms with Crippen LogP contribution in [0.3, 0.4) is 0 Å². The van der Waals surface area contributed by atoms with E-state index in [9.17, 15) is 19.2 Å². The maximum Gasteiger partial charge on any atom is 0.324 e. The largest absolute Gasteiger partial charge is 0.457 e. The molecule has 1 aliphatic heterocycles. The average Bonchev–Trinajstić information content (AvgIpc) is 2.97. The molecule has 1 aromatic rings. The van der Waals surface area contributed by atoms with Gasteiger partial charge in [0.25, 0.3) is 0 Å². The molecule has 7 heteroatoms. The monoisotopic (exact) mass is 358 g/mol. The number of nitrogens with one attached hydrogen (secondary N) is 1. The van der Waals surface area contributed by atoms with Crippen molar-refractivity contribution in [1.29, 1.82) is 0 Å². The minimum atomic E-state index is -0.511. The number of carbonyl (C=O) groups excluding carboxylic acids is 4. The molecule has 3 rings (SSSR count). The molecule has 1 heterocycles. The number of urea groups is 1. The zero-order valence-electron chi connectivity index (χ0n) is 14.6. The molecular formula is C19H22N2O5. The standard InChI is InChI=1S/C19H22N2O5/c22-16(15-8-7-13-4-1-2-5-14(13)10-15)12-26-18(24)6-3-9-21-17(23)11-20-19(21)25/h7-8,10H,1-6,9,11-12H2,(H,20,25). The summed E-state index contributed by atoms with van der Waals surface area (Å²) in [4.78, 5) is 47.8. The highest BCUT2D eigenvalue weighted by Gasteiger charge is 2.27. The van der Waals surface area contributed by atoms with E-state index in [1.807, 2.05) is 12.1 Å². The van der Waals surface area contributed by atoms with Crippen molar-refractivity contribution in [1.82, 2.24) is 10.2 Å². The van der Waals surface area contributed by atoms with Gasteiger partial charge in [-0.3, -0.25) is 19.3 Å². The van der Waals surface area contributed by atoms with E-state index in [-0.39, 0.29) is 37.8 Å². The molecular weight excluding hydrogens is 336 g/mol. The fraction of sp³-hybridized carbons (Fsp3) is 0.474. The Balaban J connectivity index is 1.42. The van der Waals surface area contributed by atoms with Crippen LogP contribution < -0.4 is 5.32 Å². The van der Waals surface area contributed by atoms with Crippen LogP contribution >= 0.6 is 0 Å². The Morgan fingerprint density at radius 1 is 1.12 bits per heavy atom. The van der Waals surface area contributed by atoms with Crippen molar-refractivity contribution >= 4 is 23.7 Å². The zero-order valence-corrected chi connectivity index (χ0v) is 14.6. The number of esters is 1. The predicted octanol–water partition coefficient (Wildman–Crippen LogP) is 1.62. The number of benzene rings is 1. The molecule has 0 aromatic heterocycles. The summed E-state index contributed by atoms with van der Waals surface area (Å²) >= 11 is 0. The second kappa shape index (κ2) is 8.12. The van der Waals surface area contributed by atoms with Crippen LogP contribution in [0, 0.1) is 0 Å². The van der Waals surface area contributed by atoms with E-state index >= 15 is 0 Å². The Labute approximate surface area is 151 Å². The van der Waals surface area contributed by atoms with Gasteiger partial charge in [-0.25, -0.2) is 4.79 Å². The third kappa shape index (κ3) is 4.28. The quantitative estimate of drug-likeness (QED) is 0.454. The first-order valence-electron chi connectivity index (χ1n) is 8.93. The summed E-state index contributed by atoms with van der Waals surface area (Å²) in [6.07, 6.45) is 4.72. The Bertz CT molecular complexity index is 727. The van der Waals surface area contributed by atoms with Gasteiger partial charge in [-0.05, 0) is 49.3 Å². The second-order valence-electron chi connectivity index (χ2n) is 6.58. The van der Waals surface area contributed by atoms with Gasteiger partial charge in [0.1, 0.15) is 0 Å². The average molecular weight is 358 g/mol. The number of aryl methyl sites for hydroxylation is 2. The van der Waals surface area contributed by atoms with Gasteiger partial charge in [0, 0.05) is 18.5 Å². The number of amides is 3. The normalized spacial score (nSPS) is 16.2. The van der Waals surface area contributed by atoms with Gasteiger partial charge in [0.2, 0.25) is 5.91 Å². The number of rotatable bonds is 7. The summed E-state index contributed by atoms with van der Waals surface area (Å²) < 4.78 is 5.03. The smallest absolute Gasteiger partial charge is 0.324 e. The van der Waals surface area contributed by atoms with Crippen molar-refractivity contribution in [2.24, 2.45) is 0 Å². The highest BCUT2D eigenvalue weighted by molar-refractivity contribution is 6.02.